The SMILES string of the molecule is O=C(CCc1cc2ccc(F)cc2[nH]c1=O)Nc1cccc(N2CCCCC2)c1. The molecule has 4 rings (SSSR count). The zero-order chi connectivity index (χ0) is 20.2. The molecule has 1 aliphatic heterocycles. The molecule has 150 valence electrons. The average Bonchev–Trinajstić information content (AvgIpc) is 2.73. The number of H-pyrrole nitrogens is 1. The molecule has 0 aliphatic carbocycles. The van der Waals surface area contributed by atoms with Crippen molar-refractivity contribution in [1.29, 1.82) is 0 Å². The number of rotatable bonds is 5. The first-order valence-electron chi connectivity index (χ1n) is 10.0. The first-order valence-corrected chi connectivity index (χ1v) is 10.0. The van der Waals surface area contributed by atoms with Gasteiger partial charge in [0.15, 0.2) is 0 Å². The van der Waals surface area contributed by atoms with Gasteiger partial charge in [0.05, 0.1) is 5.52 Å². The van der Waals surface area contributed by atoms with Crippen LogP contribution in [0.25, 0.3) is 10.9 Å². The monoisotopic (exact) mass is 393 g/mol. The number of aromatic nitrogens is 1. The standard InChI is InChI=1S/C23H24FN3O2/c24-18-9-7-16-13-17(23(29)26-21(16)14-18)8-10-22(28)25-19-5-4-6-20(15-19)27-11-2-1-3-12-27/h4-7,9,13-15H,1-3,8,10-12H2,(H,25,28)(H,26,29). The molecule has 1 amide bonds. The number of carbonyl (C=O) groups excluding carboxylic acids is 1. The Morgan fingerprint density at radius 1 is 1.07 bits per heavy atom. The van der Waals surface area contributed by atoms with Crippen LogP contribution in [-0.2, 0) is 11.2 Å². The third kappa shape index (κ3) is 4.65. The van der Waals surface area contributed by atoms with Gasteiger partial charge in [0.1, 0.15) is 5.82 Å². The van der Waals surface area contributed by atoms with E-state index in [2.05, 4.69) is 21.3 Å². The number of aromatic amines is 1. The van der Waals surface area contributed by atoms with Crippen LogP contribution in [0.3, 0.4) is 0 Å². The molecule has 0 radical (unpaired) electrons. The number of hydrogen-bond donors (Lipinski definition) is 2. The smallest absolute Gasteiger partial charge is 0.251 e. The van der Waals surface area contributed by atoms with Crippen LogP contribution in [-0.4, -0.2) is 24.0 Å². The number of piperidine rings is 1. The molecule has 0 bridgehead atoms. The molecular weight excluding hydrogens is 369 g/mol. The zero-order valence-electron chi connectivity index (χ0n) is 16.2. The van der Waals surface area contributed by atoms with Crippen LogP contribution in [0, 0.1) is 5.82 Å². The van der Waals surface area contributed by atoms with Gasteiger partial charge in [-0.15, -0.1) is 0 Å². The van der Waals surface area contributed by atoms with Crippen molar-refractivity contribution in [2.45, 2.75) is 32.1 Å². The fraction of sp³-hybridized carbons (Fsp3) is 0.304. The largest absolute Gasteiger partial charge is 0.371 e. The summed E-state index contributed by atoms with van der Waals surface area (Å²) in [6.45, 7) is 2.10. The van der Waals surface area contributed by atoms with Crippen molar-refractivity contribution in [2.75, 3.05) is 23.3 Å². The van der Waals surface area contributed by atoms with Gasteiger partial charge in [0.25, 0.3) is 5.56 Å². The minimum absolute atomic E-state index is 0.139. The molecule has 3 aromatic rings. The van der Waals surface area contributed by atoms with Gasteiger partial charge in [-0.2, -0.15) is 0 Å². The van der Waals surface area contributed by atoms with E-state index in [0.29, 0.717) is 17.5 Å². The highest BCUT2D eigenvalue weighted by atomic mass is 19.1. The number of nitrogens with zero attached hydrogens (tertiary/aromatic N) is 1. The summed E-state index contributed by atoms with van der Waals surface area (Å²) in [7, 11) is 0. The maximum Gasteiger partial charge on any atom is 0.251 e. The van der Waals surface area contributed by atoms with E-state index in [4.69, 9.17) is 0 Å². The summed E-state index contributed by atoms with van der Waals surface area (Å²) in [4.78, 5) is 29.7. The van der Waals surface area contributed by atoms with E-state index >= 15 is 0 Å². The molecule has 2 N–H and O–H groups in total. The molecular formula is C23H24FN3O2. The number of hydrogen-bond acceptors (Lipinski definition) is 3. The molecule has 2 heterocycles. The van der Waals surface area contributed by atoms with E-state index < -0.39 is 5.82 Å². The third-order valence-electron chi connectivity index (χ3n) is 5.36. The summed E-state index contributed by atoms with van der Waals surface area (Å²) in [6, 6.07) is 13.9. The Bertz CT molecular complexity index is 1090. The number of pyridine rings is 1. The van der Waals surface area contributed by atoms with Crippen LogP contribution in [0.1, 0.15) is 31.2 Å². The topological polar surface area (TPSA) is 65.2 Å². The zero-order valence-corrected chi connectivity index (χ0v) is 16.2. The lowest BCUT2D eigenvalue weighted by atomic mass is 10.1. The lowest BCUT2D eigenvalue weighted by Crippen LogP contribution is -2.29. The van der Waals surface area contributed by atoms with Gasteiger partial charge in [-0.3, -0.25) is 9.59 Å². The van der Waals surface area contributed by atoms with Crippen molar-refractivity contribution in [3.8, 4) is 0 Å². The van der Waals surface area contributed by atoms with Gasteiger partial charge in [-0.25, -0.2) is 4.39 Å². The molecule has 0 saturated carbocycles. The lowest BCUT2D eigenvalue weighted by Gasteiger charge is -2.29. The van der Waals surface area contributed by atoms with Crippen LogP contribution in [0.2, 0.25) is 0 Å². The van der Waals surface area contributed by atoms with E-state index in [1.165, 1.54) is 31.4 Å². The molecule has 6 heteroatoms. The van der Waals surface area contributed by atoms with Crippen molar-refractivity contribution in [3.05, 3.63) is 70.3 Å². The van der Waals surface area contributed by atoms with Crippen LogP contribution >= 0.6 is 0 Å². The Kier molecular flexibility index (Phi) is 5.60. The van der Waals surface area contributed by atoms with E-state index in [-0.39, 0.29) is 17.9 Å². The highest BCUT2D eigenvalue weighted by molar-refractivity contribution is 5.91. The van der Waals surface area contributed by atoms with E-state index in [1.807, 2.05) is 18.2 Å². The molecule has 29 heavy (non-hydrogen) atoms. The minimum atomic E-state index is -0.396. The summed E-state index contributed by atoms with van der Waals surface area (Å²) in [5.41, 5.74) is 2.57. The highest BCUT2D eigenvalue weighted by Crippen LogP contribution is 2.23. The Morgan fingerprint density at radius 3 is 2.72 bits per heavy atom. The Balaban J connectivity index is 1.40. The third-order valence-corrected chi connectivity index (χ3v) is 5.36. The van der Waals surface area contributed by atoms with Crippen molar-refractivity contribution in [3.63, 3.8) is 0 Å². The fourth-order valence-corrected chi connectivity index (χ4v) is 3.81. The van der Waals surface area contributed by atoms with Crippen molar-refractivity contribution in [2.24, 2.45) is 0 Å². The summed E-state index contributed by atoms with van der Waals surface area (Å²) in [5.74, 6) is -0.536. The number of fused-ring (bicyclic) bond motifs is 1. The number of aryl methyl sites for hydroxylation is 1. The molecule has 1 saturated heterocycles. The molecule has 0 spiro atoms. The van der Waals surface area contributed by atoms with Crippen LogP contribution in [0.15, 0.2) is 53.3 Å². The lowest BCUT2D eigenvalue weighted by molar-refractivity contribution is -0.116. The van der Waals surface area contributed by atoms with Gasteiger partial charge in [0.2, 0.25) is 5.91 Å². The number of halogens is 1. The molecule has 2 aromatic carbocycles. The quantitative estimate of drug-likeness (QED) is 0.682. The number of benzene rings is 2. The molecule has 1 aromatic heterocycles. The summed E-state index contributed by atoms with van der Waals surface area (Å²) in [6.07, 6.45) is 4.19. The normalized spacial score (nSPS) is 14.2. The Labute approximate surface area is 168 Å². The Morgan fingerprint density at radius 2 is 1.90 bits per heavy atom. The van der Waals surface area contributed by atoms with Gasteiger partial charge in [0, 0.05) is 36.4 Å². The molecule has 0 atom stereocenters. The average molecular weight is 393 g/mol. The predicted molar refractivity (Wildman–Crippen MR) is 114 cm³/mol. The maximum absolute atomic E-state index is 13.3. The number of amides is 1. The summed E-state index contributed by atoms with van der Waals surface area (Å²) >= 11 is 0. The summed E-state index contributed by atoms with van der Waals surface area (Å²) in [5, 5.41) is 3.67. The number of carbonyl (C=O) groups is 1. The molecule has 1 fully saturated rings. The van der Waals surface area contributed by atoms with Crippen LogP contribution in [0.5, 0.6) is 0 Å². The fourth-order valence-electron chi connectivity index (χ4n) is 3.81. The maximum atomic E-state index is 13.3. The number of anilines is 2. The van der Waals surface area contributed by atoms with Crippen molar-refractivity contribution < 1.29 is 9.18 Å². The highest BCUT2D eigenvalue weighted by Gasteiger charge is 2.12. The molecule has 0 unspecified atom stereocenters. The van der Waals surface area contributed by atoms with Gasteiger partial charge in [-0.05, 0) is 73.5 Å². The van der Waals surface area contributed by atoms with E-state index in [0.717, 1.165) is 29.9 Å². The second kappa shape index (κ2) is 8.47. The summed E-state index contributed by atoms with van der Waals surface area (Å²) < 4.78 is 13.3. The van der Waals surface area contributed by atoms with E-state index in [9.17, 15) is 14.0 Å². The van der Waals surface area contributed by atoms with Gasteiger partial charge >= 0.3 is 0 Å². The minimum Gasteiger partial charge on any atom is -0.371 e. The van der Waals surface area contributed by atoms with Gasteiger partial charge in [-0.1, -0.05) is 6.07 Å². The molecule has 5 nitrogen and oxygen atoms in total. The second-order valence-electron chi connectivity index (χ2n) is 7.50. The van der Waals surface area contributed by atoms with Crippen molar-refractivity contribution >= 4 is 28.2 Å². The molecule has 1 aliphatic rings. The second-order valence-corrected chi connectivity index (χ2v) is 7.50. The predicted octanol–water partition coefficient (Wildman–Crippen LogP) is 4.23. The first-order chi connectivity index (χ1) is 14.1. The number of nitrogens with one attached hydrogen (secondary N) is 2. The van der Waals surface area contributed by atoms with Crippen LogP contribution < -0.4 is 15.8 Å². The van der Waals surface area contributed by atoms with Crippen molar-refractivity contribution in [1.82, 2.24) is 4.98 Å². The van der Waals surface area contributed by atoms with E-state index in [1.54, 1.807) is 12.1 Å². The van der Waals surface area contributed by atoms with Gasteiger partial charge < -0.3 is 15.2 Å². The first kappa shape index (κ1) is 19.2. The Hall–Kier alpha value is -3.15. The van der Waals surface area contributed by atoms with Crippen LogP contribution in [0.4, 0.5) is 15.8 Å².